The number of aromatic nitrogens is 3. The van der Waals surface area contributed by atoms with Crippen LogP contribution in [0.15, 0.2) is 54.9 Å². The van der Waals surface area contributed by atoms with Gasteiger partial charge in [0.1, 0.15) is 5.75 Å². The first kappa shape index (κ1) is 26.9. The number of hydrogen-bond donors (Lipinski definition) is 2. The Morgan fingerprint density at radius 3 is 2.90 bits per heavy atom. The molecule has 2 aromatic heterocycles. The Hall–Kier alpha value is -3.27. The molecular weight excluding hydrogens is 522 g/mol. The van der Waals surface area contributed by atoms with Gasteiger partial charge in [0.2, 0.25) is 0 Å². The van der Waals surface area contributed by atoms with E-state index in [1.54, 1.807) is 17.7 Å². The lowest BCUT2D eigenvalue weighted by Crippen LogP contribution is -2.54. The highest BCUT2D eigenvalue weighted by Crippen LogP contribution is 2.40. The molecule has 2 aromatic carbocycles. The third-order valence-corrected chi connectivity index (χ3v) is 9.26. The number of rotatable bonds is 7. The molecule has 1 saturated heterocycles. The van der Waals surface area contributed by atoms with Gasteiger partial charge in [-0.1, -0.05) is 43.2 Å². The third kappa shape index (κ3) is 5.38. The lowest BCUT2D eigenvalue weighted by Gasteiger charge is -2.39. The van der Waals surface area contributed by atoms with Crippen molar-refractivity contribution < 1.29 is 14.6 Å². The zero-order chi connectivity index (χ0) is 27.7. The molecule has 0 radical (unpaired) electrons. The van der Waals surface area contributed by atoms with E-state index in [4.69, 9.17) is 9.72 Å². The number of aliphatic hydroxyl groups is 1. The molecule has 2 fully saturated rings. The number of nitrogens with one attached hydrogen (secondary N) is 1. The van der Waals surface area contributed by atoms with Crippen LogP contribution < -0.4 is 10.1 Å². The number of hydrogen-bond acceptors (Lipinski definition) is 7. The molecular formula is C31H37N5O3S. The van der Waals surface area contributed by atoms with Gasteiger partial charge in [-0.05, 0) is 38.8 Å². The highest BCUT2D eigenvalue weighted by Gasteiger charge is 2.39. The number of imidazole rings is 1. The maximum absolute atomic E-state index is 14.2. The minimum atomic E-state index is -0.849. The van der Waals surface area contributed by atoms with E-state index in [1.165, 1.54) is 0 Å². The van der Waals surface area contributed by atoms with Crippen LogP contribution >= 0.6 is 11.3 Å². The van der Waals surface area contributed by atoms with Gasteiger partial charge < -0.3 is 24.6 Å². The molecule has 9 heteroatoms. The average molecular weight is 560 g/mol. The Morgan fingerprint density at radius 2 is 2.08 bits per heavy atom. The fourth-order valence-electron chi connectivity index (χ4n) is 6.22. The van der Waals surface area contributed by atoms with Crippen LogP contribution in [0.25, 0.3) is 21.5 Å². The van der Waals surface area contributed by atoms with Crippen molar-refractivity contribution in [3.05, 3.63) is 65.6 Å². The summed E-state index contributed by atoms with van der Waals surface area (Å²) in [5, 5.41) is 15.8. The van der Waals surface area contributed by atoms with Crippen LogP contribution in [-0.4, -0.2) is 68.3 Å². The molecule has 0 unspecified atom stereocenters. The lowest BCUT2D eigenvalue weighted by atomic mass is 9.81. The number of carbonyl (C=O) groups excluding carboxylic acids is 1. The molecule has 3 atom stereocenters. The van der Waals surface area contributed by atoms with Gasteiger partial charge in [0, 0.05) is 43.7 Å². The summed E-state index contributed by atoms with van der Waals surface area (Å²) in [6, 6.07) is 15.9. The maximum Gasteiger partial charge on any atom is 0.275 e. The summed E-state index contributed by atoms with van der Waals surface area (Å²) in [7, 11) is 0. The summed E-state index contributed by atoms with van der Waals surface area (Å²) in [5.74, 6) is 0.725. The van der Waals surface area contributed by atoms with Gasteiger partial charge in [0.05, 0.1) is 45.5 Å². The van der Waals surface area contributed by atoms with Crippen LogP contribution in [0.3, 0.4) is 0 Å². The zero-order valence-corrected chi connectivity index (χ0v) is 24.0. The summed E-state index contributed by atoms with van der Waals surface area (Å²) < 4.78 is 9.32. The topological polar surface area (TPSA) is 92.5 Å². The highest BCUT2D eigenvalue weighted by molar-refractivity contribution is 7.18. The van der Waals surface area contributed by atoms with E-state index in [0.717, 1.165) is 64.5 Å². The Bertz CT molecular complexity index is 1480. The van der Waals surface area contributed by atoms with E-state index in [2.05, 4.69) is 20.9 Å². The fraction of sp³-hybridized carbons (Fsp3) is 0.452. The quantitative estimate of drug-likeness (QED) is 0.323. The minimum absolute atomic E-state index is 0.0157. The van der Waals surface area contributed by atoms with Crippen molar-refractivity contribution in [1.82, 2.24) is 24.8 Å². The van der Waals surface area contributed by atoms with Crippen LogP contribution in [0, 0.1) is 6.92 Å². The van der Waals surface area contributed by atoms with Crippen molar-refractivity contribution in [1.29, 1.82) is 0 Å². The number of fused-ring (bicyclic) bond motifs is 1. The summed E-state index contributed by atoms with van der Waals surface area (Å²) in [4.78, 5) is 25.4. The standard InChI is InChI=1S/C31H37N5O3S/c1-21-34-25-18-24(11-12-26(25)40-21)39-17-13-23-19-32-15-16-35(23)30(37)28-29(22-8-4-3-5-9-22)36(20-33-28)27-10-6-7-14-31(27,2)38/h3-5,8-9,11-12,18,20,23,27,32,38H,6-7,10,13-17,19H2,1-2H3/t23-,27-,31+/m1/s1. The monoisotopic (exact) mass is 559 g/mol. The minimum Gasteiger partial charge on any atom is -0.493 e. The number of benzene rings is 2. The first-order chi connectivity index (χ1) is 19.4. The number of carbonyl (C=O) groups is 1. The molecule has 6 rings (SSSR count). The molecule has 8 nitrogen and oxygen atoms in total. The second-order valence-corrected chi connectivity index (χ2v) is 12.4. The van der Waals surface area contributed by atoms with E-state index in [0.29, 0.717) is 31.8 Å². The predicted molar refractivity (Wildman–Crippen MR) is 158 cm³/mol. The number of amides is 1. The fourth-order valence-corrected chi connectivity index (χ4v) is 7.03. The normalized spacial score (nSPS) is 23.4. The number of nitrogens with zero attached hydrogens (tertiary/aromatic N) is 4. The first-order valence-electron chi connectivity index (χ1n) is 14.3. The Morgan fingerprint density at radius 1 is 1.23 bits per heavy atom. The van der Waals surface area contributed by atoms with Gasteiger partial charge >= 0.3 is 0 Å². The maximum atomic E-state index is 14.2. The second-order valence-electron chi connectivity index (χ2n) is 11.2. The van der Waals surface area contributed by atoms with Crippen molar-refractivity contribution in [3.8, 4) is 17.0 Å². The molecule has 1 aliphatic carbocycles. The molecule has 3 heterocycles. The number of piperazine rings is 1. The van der Waals surface area contributed by atoms with Gasteiger partial charge in [-0.2, -0.15) is 0 Å². The molecule has 2 N–H and O–H groups in total. The van der Waals surface area contributed by atoms with Crippen molar-refractivity contribution in [2.45, 2.75) is 63.6 Å². The van der Waals surface area contributed by atoms with E-state index in [9.17, 15) is 9.90 Å². The van der Waals surface area contributed by atoms with E-state index < -0.39 is 5.60 Å². The van der Waals surface area contributed by atoms with Crippen molar-refractivity contribution >= 4 is 27.5 Å². The molecule has 40 heavy (non-hydrogen) atoms. The van der Waals surface area contributed by atoms with Crippen molar-refractivity contribution in [2.75, 3.05) is 26.2 Å². The van der Waals surface area contributed by atoms with Gasteiger partial charge in [0.15, 0.2) is 5.69 Å². The summed E-state index contributed by atoms with van der Waals surface area (Å²) in [5.41, 5.74) is 2.28. The summed E-state index contributed by atoms with van der Waals surface area (Å²) >= 11 is 1.68. The molecule has 0 spiro atoms. The third-order valence-electron chi connectivity index (χ3n) is 8.30. The van der Waals surface area contributed by atoms with E-state index >= 15 is 0 Å². The molecule has 1 aliphatic heterocycles. The molecule has 210 valence electrons. The van der Waals surface area contributed by atoms with Crippen molar-refractivity contribution in [2.24, 2.45) is 0 Å². The van der Waals surface area contributed by atoms with Gasteiger partial charge in [-0.25, -0.2) is 9.97 Å². The highest BCUT2D eigenvalue weighted by atomic mass is 32.1. The van der Waals surface area contributed by atoms with Crippen LogP contribution in [0.1, 0.15) is 60.6 Å². The summed E-state index contributed by atoms with van der Waals surface area (Å²) in [6.07, 6.45) is 6.11. The van der Waals surface area contributed by atoms with Crippen LogP contribution in [-0.2, 0) is 0 Å². The Labute approximate surface area is 239 Å². The largest absolute Gasteiger partial charge is 0.493 e. The summed E-state index contributed by atoms with van der Waals surface area (Å²) in [6.45, 7) is 6.47. The number of aryl methyl sites for hydroxylation is 1. The Balaban J connectivity index is 1.23. The molecule has 0 bridgehead atoms. The van der Waals surface area contributed by atoms with Crippen LogP contribution in [0.5, 0.6) is 5.75 Å². The molecule has 4 aromatic rings. The number of ether oxygens (including phenoxy) is 1. The smallest absolute Gasteiger partial charge is 0.275 e. The van der Waals surface area contributed by atoms with Crippen LogP contribution in [0.4, 0.5) is 0 Å². The average Bonchev–Trinajstić information content (AvgIpc) is 3.56. The predicted octanol–water partition coefficient (Wildman–Crippen LogP) is 5.22. The van der Waals surface area contributed by atoms with Gasteiger partial charge in [0.25, 0.3) is 5.91 Å². The van der Waals surface area contributed by atoms with Crippen LogP contribution in [0.2, 0.25) is 0 Å². The van der Waals surface area contributed by atoms with Crippen molar-refractivity contribution in [3.63, 3.8) is 0 Å². The number of thiazole rings is 1. The molecule has 1 saturated carbocycles. The van der Waals surface area contributed by atoms with E-state index in [-0.39, 0.29) is 18.0 Å². The molecule has 2 aliphatic rings. The Kier molecular flexibility index (Phi) is 7.61. The lowest BCUT2D eigenvalue weighted by molar-refractivity contribution is -0.0243. The first-order valence-corrected chi connectivity index (χ1v) is 15.1. The van der Waals surface area contributed by atoms with Gasteiger partial charge in [-0.3, -0.25) is 4.79 Å². The zero-order valence-electron chi connectivity index (χ0n) is 23.2. The van der Waals surface area contributed by atoms with E-state index in [1.807, 2.05) is 61.2 Å². The second kappa shape index (κ2) is 11.3. The molecule has 1 amide bonds. The van der Waals surface area contributed by atoms with Gasteiger partial charge in [-0.15, -0.1) is 11.3 Å². The SMILES string of the molecule is Cc1nc2cc(OCC[C@@H]3CNCCN3C(=O)c3ncn([C@@H]4CCCC[C@]4(C)O)c3-c3ccccc3)ccc2s1.